The summed E-state index contributed by atoms with van der Waals surface area (Å²) in [5.74, 6) is -2.36. The first-order chi connectivity index (χ1) is 17.7. The van der Waals surface area contributed by atoms with Crippen LogP contribution in [0.5, 0.6) is 5.75 Å². The molecule has 2 aromatic carbocycles. The molecule has 0 unspecified atom stereocenters. The number of halogens is 3. The minimum Gasteiger partial charge on any atom is -0.508 e. The first kappa shape index (κ1) is 26.7. The van der Waals surface area contributed by atoms with Crippen molar-refractivity contribution in [3.05, 3.63) is 72.1 Å². The van der Waals surface area contributed by atoms with Crippen LogP contribution in [0.3, 0.4) is 0 Å². The maximum atomic E-state index is 10.6. The molecule has 1 saturated heterocycles. The summed E-state index contributed by atoms with van der Waals surface area (Å²) < 4.78 is 40.3. The molecular formula is C27H30F3N3O4. The van der Waals surface area contributed by atoms with Crippen molar-refractivity contribution in [3.8, 4) is 16.9 Å². The van der Waals surface area contributed by atoms with Gasteiger partial charge in [-0.1, -0.05) is 49.4 Å². The molecule has 3 atom stereocenters. The van der Waals surface area contributed by atoms with E-state index in [2.05, 4.69) is 53.5 Å². The van der Waals surface area contributed by atoms with Gasteiger partial charge < -0.3 is 14.9 Å². The van der Waals surface area contributed by atoms with E-state index < -0.39 is 12.1 Å². The number of morpholine rings is 1. The number of hydrogen-bond donors (Lipinski definition) is 2. The number of carboxylic acid groups (broad SMARTS) is 1. The van der Waals surface area contributed by atoms with E-state index in [-0.39, 0.29) is 12.2 Å². The smallest absolute Gasteiger partial charge is 0.490 e. The number of carbonyl (C=O) groups is 1. The van der Waals surface area contributed by atoms with E-state index in [1.54, 1.807) is 6.07 Å². The SMILES string of the molecule is CCCN1C[C@@H](Cn2cc(-c3ccccc3)cn2)O[C@@H]2Cc3c(O)cccc3C[C@H]21.O=C(O)C(F)(F)F. The van der Waals surface area contributed by atoms with Crippen LogP contribution in [0, 0.1) is 0 Å². The van der Waals surface area contributed by atoms with Gasteiger partial charge in [0, 0.05) is 30.8 Å². The van der Waals surface area contributed by atoms with Gasteiger partial charge in [0.1, 0.15) is 5.75 Å². The fourth-order valence-electron chi connectivity index (χ4n) is 5.03. The van der Waals surface area contributed by atoms with Gasteiger partial charge in [0.15, 0.2) is 0 Å². The monoisotopic (exact) mass is 517 g/mol. The number of rotatable bonds is 5. The molecule has 1 aliphatic carbocycles. The van der Waals surface area contributed by atoms with Crippen molar-refractivity contribution in [2.45, 2.75) is 57.2 Å². The topological polar surface area (TPSA) is 87.8 Å². The summed E-state index contributed by atoms with van der Waals surface area (Å²) >= 11 is 0. The van der Waals surface area contributed by atoms with E-state index in [0.29, 0.717) is 11.8 Å². The van der Waals surface area contributed by atoms with Gasteiger partial charge >= 0.3 is 12.1 Å². The lowest BCUT2D eigenvalue weighted by Gasteiger charge is -2.47. The fraction of sp³-hybridized carbons (Fsp3) is 0.407. The number of phenols is 1. The van der Waals surface area contributed by atoms with Gasteiger partial charge in [0.25, 0.3) is 0 Å². The van der Waals surface area contributed by atoms with Gasteiger partial charge in [0.05, 0.1) is 24.9 Å². The van der Waals surface area contributed by atoms with Crippen LogP contribution in [0.25, 0.3) is 11.1 Å². The van der Waals surface area contributed by atoms with Gasteiger partial charge in [-0.3, -0.25) is 9.58 Å². The molecular weight excluding hydrogens is 487 g/mol. The molecule has 2 N–H and O–H groups in total. The number of fused-ring (bicyclic) bond motifs is 2. The van der Waals surface area contributed by atoms with Gasteiger partial charge in [-0.05, 0) is 42.1 Å². The van der Waals surface area contributed by atoms with Crippen molar-refractivity contribution in [1.29, 1.82) is 0 Å². The Hall–Kier alpha value is -3.37. The second-order valence-electron chi connectivity index (χ2n) is 9.30. The molecule has 0 radical (unpaired) electrons. The molecule has 0 amide bonds. The Morgan fingerprint density at radius 3 is 2.51 bits per heavy atom. The molecule has 7 nitrogen and oxygen atoms in total. The average Bonchev–Trinajstić information content (AvgIpc) is 3.33. The number of aromatic nitrogens is 2. The Balaban J connectivity index is 0.000000405. The van der Waals surface area contributed by atoms with Crippen LogP contribution in [0.1, 0.15) is 24.5 Å². The maximum absolute atomic E-state index is 10.6. The summed E-state index contributed by atoms with van der Waals surface area (Å²) in [4.78, 5) is 11.5. The largest absolute Gasteiger partial charge is 0.508 e. The second-order valence-corrected chi connectivity index (χ2v) is 9.30. The first-order valence-electron chi connectivity index (χ1n) is 12.2. The molecule has 10 heteroatoms. The normalized spacial score (nSPS) is 21.4. The van der Waals surface area contributed by atoms with E-state index in [1.165, 1.54) is 11.1 Å². The van der Waals surface area contributed by atoms with Gasteiger partial charge in [-0.2, -0.15) is 18.3 Å². The summed E-state index contributed by atoms with van der Waals surface area (Å²) in [6, 6.07) is 16.6. The fourth-order valence-corrected chi connectivity index (χ4v) is 5.03. The highest BCUT2D eigenvalue weighted by atomic mass is 19.4. The molecule has 3 aromatic rings. The average molecular weight is 518 g/mol. The third-order valence-electron chi connectivity index (χ3n) is 6.67. The molecule has 0 bridgehead atoms. The Kier molecular flexibility index (Phi) is 8.19. The second kappa shape index (κ2) is 11.4. The summed E-state index contributed by atoms with van der Waals surface area (Å²) in [7, 11) is 0. The molecule has 2 heterocycles. The van der Waals surface area contributed by atoms with E-state index in [0.717, 1.165) is 50.0 Å². The number of hydrogen-bond acceptors (Lipinski definition) is 5. The first-order valence-corrected chi connectivity index (χ1v) is 12.2. The summed E-state index contributed by atoms with van der Waals surface area (Å²) in [5, 5.41) is 22.1. The molecule has 0 saturated carbocycles. The van der Waals surface area contributed by atoms with Gasteiger partial charge in [-0.25, -0.2) is 4.79 Å². The van der Waals surface area contributed by atoms with Crippen LogP contribution in [0.15, 0.2) is 60.9 Å². The Morgan fingerprint density at radius 1 is 1.11 bits per heavy atom. The van der Waals surface area contributed by atoms with Crippen molar-refractivity contribution in [2.75, 3.05) is 13.1 Å². The van der Waals surface area contributed by atoms with Crippen molar-refractivity contribution in [2.24, 2.45) is 0 Å². The van der Waals surface area contributed by atoms with Gasteiger partial charge in [0.2, 0.25) is 0 Å². The minimum atomic E-state index is -5.08. The zero-order valence-electron chi connectivity index (χ0n) is 20.4. The van der Waals surface area contributed by atoms with Crippen molar-refractivity contribution < 1.29 is 32.9 Å². The van der Waals surface area contributed by atoms with Gasteiger partial charge in [-0.15, -0.1) is 0 Å². The Bertz CT molecular complexity index is 1200. The minimum absolute atomic E-state index is 0.0914. The number of ether oxygens (including phenoxy) is 1. The Labute approximate surface area is 213 Å². The summed E-state index contributed by atoms with van der Waals surface area (Å²) in [5.41, 5.74) is 4.63. The predicted octanol–water partition coefficient (Wildman–Crippen LogP) is 4.54. The number of carboxylic acids is 1. The summed E-state index contributed by atoms with van der Waals surface area (Å²) in [6.07, 6.45) is 2.01. The standard InChI is InChI=1S/C25H29N3O2.C2HF3O2/c1-2-11-27-16-21(17-28-15-20(14-26-28)18-7-4-3-5-8-18)30-25-13-22-19(12-23(25)27)9-6-10-24(22)29;3-2(4,5)1(6)7/h3-10,14-15,21,23,25,29H,2,11-13,16-17H2,1H3;(H,6,7)/t21-,23+,25+;/m0./s1. The zero-order chi connectivity index (χ0) is 26.6. The number of phenolic OH excluding ortho intramolecular Hbond substituents is 1. The molecule has 198 valence electrons. The van der Waals surface area contributed by atoms with E-state index >= 15 is 0 Å². The zero-order valence-corrected chi connectivity index (χ0v) is 20.4. The lowest BCUT2D eigenvalue weighted by atomic mass is 9.83. The highest BCUT2D eigenvalue weighted by molar-refractivity contribution is 5.73. The third kappa shape index (κ3) is 6.50. The molecule has 1 aromatic heterocycles. The third-order valence-corrected chi connectivity index (χ3v) is 6.67. The number of alkyl halides is 3. The Morgan fingerprint density at radius 2 is 1.84 bits per heavy atom. The van der Waals surface area contributed by atoms with Crippen LogP contribution in [0.2, 0.25) is 0 Å². The molecule has 1 fully saturated rings. The van der Waals surface area contributed by atoms with Crippen LogP contribution < -0.4 is 0 Å². The molecule has 37 heavy (non-hydrogen) atoms. The van der Waals surface area contributed by atoms with Crippen molar-refractivity contribution in [1.82, 2.24) is 14.7 Å². The van der Waals surface area contributed by atoms with Crippen molar-refractivity contribution in [3.63, 3.8) is 0 Å². The lowest BCUT2D eigenvalue weighted by Crippen LogP contribution is -2.58. The van der Waals surface area contributed by atoms with Crippen LogP contribution in [-0.4, -0.2) is 68.4 Å². The molecule has 2 aliphatic rings. The van der Waals surface area contributed by atoms with Crippen LogP contribution >= 0.6 is 0 Å². The lowest BCUT2D eigenvalue weighted by molar-refractivity contribution is -0.192. The van der Waals surface area contributed by atoms with Crippen LogP contribution in [0.4, 0.5) is 13.2 Å². The maximum Gasteiger partial charge on any atom is 0.490 e. The summed E-state index contributed by atoms with van der Waals surface area (Å²) in [6.45, 7) is 4.97. The van der Waals surface area contributed by atoms with E-state index in [1.807, 2.05) is 23.0 Å². The molecule has 0 spiro atoms. The number of aliphatic carboxylic acids is 1. The number of aromatic hydroxyl groups is 1. The number of benzene rings is 2. The molecule has 5 rings (SSSR count). The van der Waals surface area contributed by atoms with Crippen molar-refractivity contribution >= 4 is 5.97 Å². The van der Waals surface area contributed by atoms with E-state index in [9.17, 15) is 18.3 Å². The highest BCUT2D eigenvalue weighted by Gasteiger charge is 2.40. The quantitative estimate of drug-likeness (QED) is 0.517. The van der Waals surface area contributed by atoms with E-state index in [4.69, 9.17) is 14.6 Å². The highest BCUT2D eigenvalue weighted by Crippen LogP contribution is 2.35. The predicted molar refractivity (Wildman–Crippen MR) is 131 cm³/mol. The van der Waals surface area contributed by atoms with Crippen LogP contribution in [-0.2, 0) is 28.9 Å². The number of nitrogens with zero attached hydrogens (tertiary/aromatic N) is 3. The molecule has 1 aliphatic heterocycles.